The Kier molecular flexibility index (Phi) is 8.58. The molecule has 0 aromatic heterocycles. The first-order valence-corrected chi connectivity index (χ1v) is 12.8. The molecule has 0 bridgehead atoms. The number of para-hydroxylation sites is 1. The average Bonchev–Trinajstić information content (AvgIpc) is 3.01. The number of nitrogens with zero attached hydrogens (tertiary/aromatic N) is 1. The van der Waals surface area contributed by atoms with Gasteiger partial charge in [-0.05, 0) is 39.8 Å². The summed E-state index contributed by atoms with van der Waals surface area (Å²) in [5.74, 6) is -0.881. The number of carbonyl (C=O) groups excluding carboxylic acids is 2. The van der Waals surface area contributed by atoms with Gasteiger partial charge in [0.1, 0.15) is 29.8 Å². The summed E-state index contributed by atoms with van der Waals surface area (Å²) in [4.78, 5) is 25.0. The molecule has 2 heterocycles. The van der Waals surface area contributed by atoms with Gasteiger partial charge in [0.15, 0.2) is 11.9 Å². The van der Waals surface area contributed by atoms with Crippen LogP contribution in [-0.2, 0) is 28.2 Å². The van der Waals surface area contributed by atoms with Crippen molar-refractivity contribution in [3.05, 3.63) is 55.0 Å². The predicted molar refractivity (Wildman–Crippen MR) is 127 cm³/mol. The highest BCUT2D eigenvalue weighted by molar-refractivity contribution is 7.52. The zero-order chi connectivity index (χ0) is 26.7. The number of carbonyl (C=O) groups is 2. The fraction of sp³-hybridized carbons (Fsp3) is 0.478. The number of aliphatic hydroxyl groups excluding tert-OH is 1. The van der Waals surface area contributed by atoms with Crippen molar-refractivity contribution >= 4 is 19.6 Å². The summed E-state index contributed by atoms with van der Waals surface area (Å²) in [6, 6.07) is 7.01. The molecule has 0 aliphatic carbocycles. The molecule has 3 rings (SSSR count). The maximum Gasteiger partial charge on any atom is 0.459 e. The SMILES string of the molecule is C=C1NC(=O)C=CN1C1OC(COP(=O)(NC(C)C(=O)OC(C)C)Oc2ccccc2)C(O)C1(C)F. The number of rotatable bonds is 10. The summed E-state index contributed by atoms with van der Waals surface area (Å²) < 4.78 is 51.0. The van der Waals surface area contributed by atoms with Crippen LogP contribution in [0.25, 0.3) is 0 Å². The van der Waals surface area contributed by atoms with Gasteiger partial charge in [-0.1, -0.05) is 24.8 Å². The summed E-state index contributed by atoms with van der Waals surface area (Å²) in [5.41, 5.74) is -2.32. The first-order valence-electron chi connectivity index (χ1n) is 11.3. The molecule has 1 saturated heterocycles. The van der Waals surface area contributed by atoms with Crippen LogP contribution < -0.4 is 14.9 Å². The highest BCUT2D eigenvalue weighted by atomic mass is 31.2. The standard InChI is InChI=1S/C23H31FN3O8P/c1-14(2)33-21(30)15(3)26-36(31,35-17-9-7-6-8-10-17)32-13-18-20(29)23(5,24)22(34-18)27-12-11-19(28)25-16(27)4/h6-12,14-15,18,20,22,29H,4,13H2,1-3,5H3,(H,25,28)(H,26,31). The molecule has 3 N–H and O–H groups in total. The quantitative estimate of drug-likeness (QED) is 0.307. The monoisotopic (exact) mass is 527 g/mol. The van der Waals surface area contributed by atoms with Crippen LogP contribution in [0.4, 0.5) is 4.39 Å². The van der Waals surface area contributed by atoms with Gasteiger partial charge in [0.2, 0.25) is 0 Å². The van der Waals surface area contributed by atoms with E-state index in [1.807, 2.05) is 0 Å². The molecule has 6 unspecified atom stereocenters. The zero-order valence-electron chi connectivity index (χ0n) is 20.4. The van der Waals surface area contributed by atoms with Crippen LogP contribution in [0.5, 0.6) is 5.75 Å². The van der Waals surface area contributed by atoms with E-state index in [-0.39, 0.29) is 11.6 Å². The third-order valence-corrected chi connectivity index (χ3v) is 7.01. The van der Waals surface area contributed by atoms with Gasteiger partial charge in [0.25, 0.3) is 5.91 Å². The van der Waals surface area contributed by atoms with Crippen LogP contribution in [0.15, 0.2) is 55.0 Å². The second-order valence-corrected chi connectivity index (χ2v) is 10.5. The van der Waals surface area contributed by atoms with Gasteiger partial charge < -0.3 is 29.3 Å². The van der Waals surface area contributed by atoms with Crippen molar-refractivity contribution in [1.82, 2.24) is 15.3 Å². The highest BCUT2D eigenvalue weighted by Gasteiger charge is 2.57. The molecular weight excluding hydrogens is 496 g/mol. The Hall–Kier alpha value is -2.76. The fourth-order valence-corrected chi connectivity index (χ4v) is 5.06. The molecule has 11 nitrogen and oxygen atoms in total. The van der Waals surface area contributed by atoms with Gasteiger partial charge in [-0.25, -0.2) is 8.96 Å². The summed E-state index contributed by atoms with van der Waals surface area (Å²) in [6.07, 6.45) is -2.30. The first kappa shape index (κ1) is 27.8. The van der Waals surface area contributed by atoms with Crippen LogP contribution in [-0.4, -0.2) is 64.7 Å². The van der Waals surface area contributed by atoms with Gasteiger partial charge in [-0.3, -0.25) is 14.1 Å². The van der Waals surface area contributed by atoms with Crippen LogP contribution >= 0.6 is 7.75 Å². The number of aliphatic hydroxyl groups is 1. The highest BCUT2D eigenvalue weighted by Crippen LogP contribution is 2.46. The molecule has 1 fully saturated rings. The van der Waals surface area contributed by atoms with Crippen molar-refractivity contribution in [3.8, 4) is 5.75 Å². The third kappa shape index (κ3) is 6.51. The Bertz CT molecular complexity index is 1050. The predicted octanol–water partition coefficient (Wildman–Crippen LogP) is 2.35. The minimum atomic E-state index is -4.25. The maximum absolute atomic E-state index is 15.5. The molecule has 1 aromatic carbocycles. The van der Waals surface area contributed by atoms with E-state index in [1.165, 1.54) is 30.2 Å². The largest absolute Gasteiger partial charge is 0.462 e. The Balaban J connectivity index is 1.76. The van der Waals surface area contributed by atoms with Crippen LogP contribution in [0, 0.1) is 0 Å². The second-order valence-electron chi connectivity index (χ2n) is 8.82. The molecule has 1 aromatic rings. The minimum Gasteiger partial charge on any atom is -0.462 e. The van der Waals surface area contributed by atoms with Crippen LogP contribution in [0.3, 0.4) is 0 Å². The molecule has 1 amide bonds. The lowest BCUT2D eigenvalue weighted by Gasteiger charge is -2.35. The Morgan fingerprint density at radius 2 is 2.03 bits per heavy atom. The molecule has 13 heteroatoms. The van der Waals surface area contributed by atoms with Gasteiger partial charge in [-0.2, -0.15) is 5.09 Å². The number of hydrogen-bond acceptors (Lipinski definition) is 9. The number of hydrogen-bond donors (Lipinski definition) is 3. The lowest BCUT2D eigenvalue weighted by Crippen LogP contribution is -2.51. The smallest absolute Gasteiger partial charge is 0.459 e. The lowest BCUT2D eigenvalue weighted by molar-refractivity contribution is -0.149. The average molecular weight is 527 g/mol. The van der Waals surface area contributed by atoms with Gasteiger partial charge in [0.05, 0.1) is 12.7 Å². The third-order valence-electron chi connectivity index (χ3n) is 5.37. The zero-order valence-corrected chi connectivity index (χ0v) is 21.3. The second kappa shape index (κ2) is 11.1. The molecule has 36 heavy (non-hydrogen) atoms. The number of ether oxygens (including phenoxy) is 2. The van der Waals surface area contributed by atoms with Crippen molar-refractivity contribution in [2.45, 2.75) is 63.9 Å². The van der Waals surface area contributed by atoms with E-state index in [0.29, 0.717) is 0 Å². The number of nitrogens with one attached hydrogen (secondary N) is 2. The molecule has 6 atom stereocenters. The topological polar surface area (TPSA) is 136 Å². The van der Waals surface area contributed by atoms with E-state index < -0.39 is 62.5 Å². The van der Waals surface area contributed by atoms with Crippen molar-refractivity contribution in [1.29, 1.82) is 0 Å². The molecule has 0 radical (unpaired) electrons. The fourth-order valence-electron chi connectivity index (χ4n) is 3.56. The molecule has 0 saturated carbocycles. The van der Waals surface area contributed by atoms with Gasteiger partial charge >= 0.3 is 13.7 Å². The Labute approximate surface area is 208 Å². The summed E-state index contributed by atoms with van der Waals surface area (Å²) >= 11 is 0. The summed E-state index contributed by atoms with van der Waals surface area (Å²) in [6.45, 7) is 9.00. The Morgan fingerprint density at radius 3 is 2.64 bits per heavy atom. The van der Waals surface area contributed by atoms with Gasteiger partial charge in [0, 0.05) is 12.3 Å². The van der Waals surface area contributed by atoms with Crippen molar-refractivity contribution < 1.29 is 42.2 Å². The van der Waals surface area contributed by atoms with Crippen LogP contribution in [0.2, 0.25) is 0 Å². The van der Waals surface area contributed by atoms with E-state index in [0.717, 1.165) is 13.0 Å². The van der Waals surface area contributed by atoms with E-state index in [1.54, 1.807) is 32.0 Å². The number of esters is 1. The molecular formula is C23H31FN3O8P. The molecule has 2 aliphatic rings. The van der Waals surface area contributed by atoms with E-state index in [4.69, 9.17) is 18.5 Å². The van der Waals surface area contributed by atoms with E-state index in [9.17, 15) is 19.3 Å². The van der Waals surface area contributed by atoms with Crippen molar-refractivity contribution in [2.75, 3.05) is 6.61 Å². The summed E-state index contributed by atoms with van der Waals surface area (Å²) in [5, 5.41) is 15.6. The van der Waals surface area contributed by atoms with E-state index in [2.05, 4.69) is 17.0 Å². The molecule has 0 spiro atoms. The van der Waals surface area contributed by atoms with Crippen molar-refractivity contribution in [2.24, 2.45) is 0 Å². The van der Waals surface area contributed by atoms with Crippen molar-refractivity contribution in [3.63, 3.8) is 0 Å². The first-order chi connectivity index (χ1) is 16.8. The van der Waals surface area contributed by atoms with Crippen LogP contribution in [0.1, 0.15) is 27.7 Å². The number of amides is 1. The Morgan fingerprint density at radius 1 is 1.36 bits per heavy atom. The number of alkyl halides is 1. The number of benzene rings is 1. The lowest BCUT2D eigenvalue weighted by atomic mass is 9.98. The van der Waals surface area contributed by atoms with Gasteiger partial charge in [-0.15, -0.1) is 0 Å². The number of halogens is 1. The molecule has 198 valence electrons. The molecule has 2 aliphatic heterocycles. The maximum atomic E-state index is 15.5. The minimum absolute atomic E-state index is 0.0578. The normalized spacial score (nSPS) is 28.5. The summed E-state index contributed by atoms with van der Waals surface area (Å²) in [7, 11) is -4.25. The van der Waals surface area contributed by atoms with E-state index >= 15 is 4.39 Å².